The van der Waals surface area contributed by atoms with Crippen LogP contribution in [0.15, 0.2) is 0 Å². The number of hydrogen-bond acceptors (Lipinski definition) is 4. The molecule has 2 aromatic heterocycles. The van der Waals surface area contributed by atoms with Crippen molar-refractivity contribution in [3.63, 3.8) is 0 Å². The fourth-order valence-electron chi connectivity index (χ4n) is 1.62. The number of nitrogens with zero attached hydrogens (tertiary/aromatic N) is 4. The number of halogens is 2. The first kappa shape index (κ1) is 9.59. The highest BCUT2D eigenvalue weighted by Gasteiger charge is 2.19. The Bertz CT molecular complexity index is 541. The molecule has 2 aromatic rings. The third-order valence-electron chi connectivity index (χ3n) is 2.25. The van der Waals surface area contributed by atoms with Crippen LogP contribution in [0, 0.1) is 3.83 Å². The highest BCUT2D eigenvalue weighted by atomic mass is 127. The number of rotatable bonds is 0. The van der Waals surface area contributed by atoms with E-state index in [9.17, 15) is 0 Å². The largest absolute Gasteiger partial charge is 0.465 e. The molecule has 7 heteroatoms. The van der Waals surface area contributed by atoms with Crippen LogP contribution in [0.4, 0.5) is 0 Å². The van der Waals surface area contributed by atoms with E-state index in [1.54, 1.807) is 0 Å². The average Bonchev–Trinajstić information content (AvgIpc) is 2.57. The standard InChI is InChI=1S/C8H6ClIN4O/c9-5-4-6(13-7(10)12-5)14-2-1-3-15-8(14)11-4/h1-3H2. The van der Waals surface area contributed by atoms with Gasteiger partial charge in [-0.05, 0) is 6.42 Å². The van der Waals surface area contributed by atoms with Gasteiger partial charge in [0.1, 0.15) is 5.52 Å². The van der Waals surface area contributed by atoms with Gasteiger partial charge >= 0.3 is 0 Å². The van der Waals surface area contributed by atoms with E-state index in [1.165, 1.54) is 0 Å². The Hall–Kier alpha value is -0.630. The smallest absolute Gasteiger partial charge is 0.298 e. The first-order chi connectivity index (χ1) is 7.25. The molecular weight excluding hydrogens is 330 g/mol. The fraction of sp³-hybridized carbons (Fsp3) is 0.375. The molecule has 0 bridgehead atoms. The van der Waals surface area contributed by atoms with E-state index in [1.807, 2.05) is 27.2 Å². The molecule has 0 fully saturated rings. The van der Waals surface area contributed by atoms with E-state index in [2.05, 4.69) is 15.0 Å². The van der Waals surface area contributed by atoms with Crippen molar-refractivity contribution in [2.45, 2.75) is 13.0 Å². The summed E-state index contributed by atoms with van der Waals surface area (Å²) >= 11 is 8.03. The second-order valence-corrected chi connectivity index (χ2v) is 4.53. The molecule has 0 aliphatic carbocycles. The van der Waals surface area contributed by atoms with Crippen LogP contribution in [0.2, 0.25) is 5.15 Å². The van der Waals surface area contributed by atoms with Gasteiger partial charge in [0.15, 0.2) is 14.6 Å². The molecule has 1 aliphatic heterocycles. The van der Waals surface area contributed by atoms with E-state index >= 15 is 0 Å². The van der Waals surface area contributed by atoms with Crippen molar-refractivity contribution in [1.29, 1.82) is 0 Å². The fourth-order valence-corrected chi connectivity index (χ4v) is 2.44. The first-order valence-corrected chi connectivity index (χ1v) is 5.93. The van der Waals surface area contributed by atoms with Crippen molar-refractivity contribution in [3.8, 4) is 6.01 Å². The van der Waals surface area contributed by atoms with Crippen LogP contribution in [0.5, 0.6) is 6.01 Å². The van der Waals surface area contributed by atoms with E-state index in [-0.39, 0.29) is 0 Å². The minimum Gasteiger partial charge on any atom is -0.465 e. The molecule has 0 saturated carbocycles. The van der Waals surface area contributed by atoms with Crippen LogP contribution in [0.3, 0.4) is 0 Å². The molecule has 0 N–H and O–H groups in total. The summed E-state index contributed by atoms with van der Waals surface area (Å²) in [4.78, 5) is 12.7. The Morgan fingerprint density at radius 2 is 2.20 bits per heavy atom. The van der Waals surface area contributed by atoms with Gasteiger partial charge in [0, 0.05) is 29.1 Å². The van der Waals surface area contributed by atoms with Gasteiger partial charge in [-0.3, -0.25) is 4.57 Å². The summed E-state index contributed by atoms with van der Waals surface area (Å²) in [5.74, 6) is 0. The monoisotopic (exact) mass is 336 g/mol. The predicted molar refractivity (Wildman–Crippen MR) is 63.2 cm³/mol. The van der Waals surface area contributed by atoms with Crippen LogP contribution in [0.25, 0.3) is 11.2 Å². The molecular formula is C8H6ClIN4O. The minimum absolute atomic E-state index is 0.384. The van der Waals surface area contributed by atoms with Gasteiger partial charge in [-0.25, -0.2) is 9.97 Å². The topological polar surface area (TPSA) is 52.8 Å². The maximum Gasteiger partial charge on any atom is 0.298 e. The molecule has 78 valence electrons. The summed E-state index contributed by atoms with van der Waals surface area (Å²) in [5, 5.41) is 0.384. The van der Waals surface area contributed by atoms with E-state index in [4.69, 9.17) is 16.3 Å². The van der Waals surface area contributed by atoms with Crippen LogP contribution in [0.1, 0.15) is 6.42 Å². The summed E-state index contributed by atoms with van der Waals surface area (Å²) in [6, 6.07) is 0.592. The zero-order chi connectivity index (χ0) is 10.4. The number of imidazole rings is 1. The van der Waals surface area contributed by atoms with Gasteiger partial charge in [-0.1, -0.05) is 11.6 Å². The summed E-state index contributed by atoms with van der Waals surface area (Å²) in [6.07, 6.45) is 0.969. The quantitative estimate of drug-likeness (QED) is 0.419. The van der Waals surface area contributed by atoms with Crippen LogP contribution in [-0.4, -0.2) is 26.1 Å². The third kappa shape index (κ3) is 1.46. The third-order valence-corrected chi connectivity index (χ3v) is 2.99. The second-order valence-electron chi connectivity index (χ2n) is 3.20. The SMILES string of the molecule is Clc1nc(I)nc2c1nc1n2CCCO1. The van der Waals surface area contributed by atoms with Crippen molar-refractivity contribution >= 4 is 45.4 Å². The molecule has 0 radical (unpaired) electrons. The Morgan fingerprint density at radius 1 is 1.33 bits per heavy atom. The number of ether oxygens (including phenoxy) is 1. The van der Waals surface area contributed by atoms with Crippen molar-refractivity contribution in [2.75, 3.05) is 6.61 Å². The minimum atomic E-state index is 0.384. The summed E-state index contributed by atoms with van der Waals surface area (Å²) in [5.41, 5.74) is 1.38. The van der Waals surface area contributed by atoms with Crippen molar-refractivity contribution in [3.05, 3.63) is 8.98 Å². The normalized spacial score (nSPS) is 15.1. The van der Waals surface area contributed by atoms with E-state index in [0.29, 0.717) is 27.1 Å². The van der Waals surface area contributed by atoms with E-state index < -0.39 is 0 Å². The van der Waals surface area contributed by atoms with Gasteiger partial charge in [-0.2, -0.15) is 4.98 Å². The lowest BCUT2D eigenvalue weighted by atomic mass is 10.4. The van der Waals surface area contributed by atoms with Gasteiger partial charge in [0.2, 0.25) is 0 Å². The predicted octanol–water partition coefficient (Wildman–Crippen LogP) is 1.87. The molecule has 0 spiro atoms. The molecule has 1 aliphatic rings. The van der Waals surface area contributed by atoms with E-state index in [0.717, 1.165) is 18.6 Å². The van der Waals surface area contributed by atoms with Crippen LogP contribution >= 0.6 is 34.2 Å². The Kier molecular flexibility index (Phi) is 2.20. The lowest BCUT2D eigenvalue weighted by Crippen LogP contribution is -2.14. The number of aromatic nitrogens is 4. The second kappa shape index (κ2) is 3.44. The zero-order valence-electron chi connectivity index (χ0n) is 7.57. The summed E-state index contributed by atoms with van der Waals surface area (Å²) in [6.45, 7) is 1.57. The molecule has 0 amide bonds. The van der Waals surface area contributed by atoms with Gasteiger partial charge < -0.3 is 4.74 Å². The molecule has 3 rings (SSSR count). The number of fused-ring (bicyclic) bond motifs is 3. The maximum atomic E-state index is 5.99. The average molecular weight is 337 g/mol. The summed E-state index contributed by atoms with van der Waals surface area (Å²) in [7, 11) is 0. The highest BCUT2D eigenvalue weighted by Crippen LogP contribution is 2.27. The number of hydrogen-bond donors (Lipinski definition) is 0. The summed E-state index contributed by atoms with van der Waals surface area (Å²) < 4.78 is 7.99. The number of aryl methyl sites for hydroxylation is 1. The molecule has 5 nitrogen and oxygen atoms in total. The van der Waals surface area contributed by atoms with Crippen LogP contribution < -0.4 is 4.74 Å². The molecule has 3 heterocycles. The van der Waals surface area contributed by atoms with Gasteiger partial charge in [0.05, 0.1) is 6.61 Å². The van der Waals surface area contributed by atoms with Crippen molar-refractivity contribution in [1.82, 2.24) is 19.5 Å². The van der Waals surface area contributed by atoms with Gasteiger partial charge in [0.25, 0.3) is 6.01 Å². The molecule has 15 heavy (non-hydrogen) atoms. The van der Waals surface area contributed by atoms with Crippen LogP contribution in [-0.2, 0) is 6.54 Å². The Balaban J connectivity index is 2.37. The lowest BCUT2D eigenvalue weighted by Gasteiger charge is -2.14. The lowest BCUT2D eigenvalue weighted by molar-refractivity contribution is 0.233. The molecule has 0 aromatic carbocycles. The highest BCUT2D eigenvalue weighted by molar-refractivity contribution is 14.1. The first-order valence-electron chi connectivity index (χ1n) is 4.48. The Labute approximate surface area is 104 Å². The molecule has 0 atom stereocenters. The molecule has 0 unspecified atom stereocenters. The van der Waals surface area contributed by atoms with Crippen molar-refractivity contribution in [2.24, 2.45) is 0 Å². The van der Waals surface area contributed by atoms with Crippen molar-refractivity contribution < 1.29 is 4.74 Å². The maximum absolute atomic E-state index is 5.99. The van der Waals surface area contributed by atoms with Gasteiger partial charge in [-0.15, -0.1) is 0 Å². The molecule has 0 saturated heterocycles. The Morgan fingerprint density at radius 3 is 3.07 bits per heavy atom. The zero-order valence-corrected chi connectivity index (χ0v) is 10.5.